The fraction of sp³-hybridized carbons (Fsp3) is 0.900. The van der Waals surface area contributed by atoms with Gasteiger partial charge in [-0.3, -0.25) is 0 Å². The van der Waals surface area contributed by atoms with Crippen molar-refractivity contribution in [1.82, 2.24) is 5.32 Å². The van der Waals surface area contributed by atoms with Crippen LogP contribution in [0.15, 0.2) is 0 Å². The lowest BCUT2D eigenvalue weighted by molar-refractivity contribution is -0.0979. The van der Waals surface area contributed by atoms with Crippen molar-refractivity contribution in [3.05, 3.63) is 0 Å². The highest BCUT2D eigenvalue weighted by atomic mass is 16.1. The third-order valence-corrected chi connectivity index (χ3v) is 3.31. The van der Waals surface area contributed by atoms with Crippen molar-refractivity contribution < 1.29 is 4.79 Å². The van der Waals surface area contributed by atoms with E-state index in [0.29, 0.717) is 0 Å². The molecule has 2 heteroatoms. The van der Waals surface area contributed by atoms with Crippen molar-refractivity contribution in [3.63, 3.8) is 0 Å². The van der Waals surface area contributed by atoms with Crippen LogP contribution in [0.25, 0.3) is 0 Å². The zero-order valence-electron chi connectivity index (χ0n) is 7.88. The molecule has 2 aliphatic rings. The van der Waals surface area contributed by atoms with Gasteiger partial charge < -0.3 is 10.1 Å². The van der Waals surface area contributed by atoms with Gasteiger partial charge in [0, 0.05) is 6.04 Å². The Bertz CT molecular complexity index is 136. The summed E-state index contributed by atoms with van der Waals surface area (Å²) in [6, 6.07) is 0.810. The molecule has 0 radical (unpaired) electrons. The minimum absolute atomic E-state index is 0.810. The molecule has 0 aromatic carbocycles. The first-order valence-electron chi connectivity index (χ1n) is 4.90. The van der Waals surface area contributed by atoms with Crippen LogP contribution in [0.4, 0.5) is 0 Å². The van der Waals surface area contributed by atoms with Gasteiger partial charge in [0.15, 0.2) is 0 Å². The molecular weight excluding hydrogens is 150 g/mol. The van der Waals surface area contributed by atoms with Crippen molar-refractivity contribution in [2.75, 3.05) is 6.54 Å². The predicted molar refractivity (Wildman–Crippen MR) is 50.0 cm³/mol. The van der Waals surface area contributed by atoms with Crippen LogP contribution in [-0.4, -0.2) is 19.4 Å². The van der Waals surface area contributed by atoms with Crippen LogP contribution in [0.5, 0.6) is 0 Å². The molecular formula is C10H19NO. The smallest absolute Gasteiger partial charge is 0.106 e. The molecule has 0 spiro atoms. The number of rotatable bonds is 0. The highest BCUT2D eigenvalue weighted by Crippen LogP contribution is 2.35. The van der Waals surface area contributed by atoms with E-state index in [-0.39, 0.29) is 0 Å². The van der Waals surface area contributed by atoms with E-state index in [9.17, 15) is 0 Å². The van der Waals surface area contributed by atoms with E-state index in [0.717, 1.165) is 17.9 Å². The summed E-state index contributed by atoms with van der Waals surface area (Å²) < 4.78 is 0. The number of nitrogens with one attached hydrogen (secondary N) is 1. The fourth-order valence-corrected chi connectivity index (χ4v) is 2.64. The number of fused-ring (bicyclic) bond motifs is 1. The van der Waals surface area contributed by atoms with Gasteiger partial charge in [0.2, 0.25) is 0 Å². The Kier molecular flexibility index (Phi) is 3.73. The lowest BCUT2D eigenvalue weighted by Gasteiger charge is -2.26. The van der Waals surface area contributed by atoms with Crippen LogP contribution in [0, 0.1) is 11.8 Å². The molecule has 0 aromatic heterocycles. The highest BCUT2D eigenvalue weighted by Gasteiger charge is 2.34. The van der Waals surface area contributed by atoms with E-state index in [1.807, 2.05) is 6.79 Å². The molecule has 1 N–H and O–H groups in total. The number of carbonyl (C=O) groups excluding carboxylic acids is 1. The summed E-state index contributed by atoms with van der Waals surface area (Å²) in [6.07, 6.45) is 5.93. The summed E-state index contributed by atoms with van der Waals surface area (Å²) in [5.74, 6) is 2.05. The first kappa shape index (κ1) is 9.72. The van der Waals surface area contributed by atoms with E-state index >= 15 is 0 Å². The highest BCUT2D eigenvalue weighted by molar-refractivity contribution is 5.10. The van der Waals surface area contributed by atoms with E-state index < -0.39 is 0 Å². The second-order valence-electron chi connectivity index (χ2n) is 3.91. The van der Waals surface area contributed by atoms with Gasteiger partial charge in [-0.05, 0) is 38.1 Å². The third kappa shape index (κ3) is 1.86. The predicted octanol–water partition coefficient (Wildman–Crippen LogP) is 1.60. The maximum atomic E-state index is 8.00. The Morgan fingerprint density at radius 1 is 1.25 bits per heavy atom. The molecule has 1 heterocycles. The van der Waals surface area contributed by atoms with Crippen LogP contribution in [0.3, 0.4) is 0 Å². The Morgan fingerprint density at radius 3 is 2.58 bits per heavy atom. The fourth-order valence-electron chi connectivity index (χ4n) is 2.64. The zero-order chi connectivity index (χ0) is 8.97. The molecule has 1 aliphatic carbocycles. The minimum Gasteiger partial charge on any atom is -0.314 e. The topological polar surface area (TPSA) is 29.1 Å². The molecule has 2 fully saturated rings. The molecule has 70 valence electrons. The summed E-state index contributed by atoms with van der Waals surface area (Å²) in [6.45, 7) is 5.64. The van der Waals surface area contributed by atoms with Crippen LogP contribution < -0.4 is 5.32 Å². The van der Waals surface area contributed by atoms with Gasteiger partial charge in [-0.2, -0.15) is 0 Å². The average molecular weight is 169 g/mol. The van der Waals surface area contributed by atoms with Crippen molar-refractivity contribution in [3.8, 4) is 0 Å². The molecule has 12 heavy (non-hydrogen) atoms. The van der Waals surface area contributed by atoms with E-state index in [1.165, 1.54) is 32.2 Å². The van der Waals surface area contributed by atoms with Crippen molar-refractivity contribution >= 4 is 6.79 Å². The van der Waals surface area contributed by atoms with Crippen molar-refractivity contribution in [1.29, 1.82) is 0 Å². The van der Waals surface area contributed by atoms with Gasteiger partial charge in [0.1, 0.15) is 6.79 Å². The van der Waals surface area contributed by atoms with Crippen molar-refractivity contribution in [2.45, 2.75) is 38.6 Å². The van der Waals surface area contributed by atoms with Crippen LogP contribution in [0.1, 0.15) is 32.6 Å². The van der Waals surface area contributed by atoms with Gasteiger partial charge in [0.05, 0.1) is 0 Å². The Hall–Kier alpha value is -0.370. The normalized spacial score (nSPS) is 39.6. The number of hydrogen-bond donors (Lipinski definition) is 1. The first-order valence-corrected chi connectivity index (χ1v) is 4.90. The zero-order valence-corrected chi connectivity index (χ0v) is 7.88. The average Bonchev–Trinajstić information content (AvgIpc) is 2.53. The molecule has 3 unspecified atom stereocenters. The van der Waals surface area contributed by atoms with Gasteiger partial charge >= 0.3 is 0 Å². The third-order valence-electron chi connectivity index (χ3n) is 3.31. The first-order chi connectivity index (χ1) is 5.88. The molecule has 0 aromatic rings. The van der Waals surface area contributed by atoms with E-state index in [2.05, 4.69) is 12.2 Å². The quantitative estimate of drug-likeness (QED) is 0.597. The molecule has 2 nitrogen and oxygen atoms in total. The van der Waals surface area contributed by atoms with E-state index in [4.69, 9.17) is 4.79 Å². The summed E-state index contributed by atoms with van der Waals surface area (Å²) in [4.78, 5) is 8.00. The van der Waals surface area contributed by atoms with Gasteiger partial charge in [-0.15, -0.1) is 0 Å². The lowest BCUT2D eigenvalue weighted by atomic mass is 9.79. The maximum Gasteiger partial charge on any atom is 0.106 e. The second-order valence-corrected chi connectivity index (χ2v) is 3.91. The molecule has 3 atom stereocenters. The van der Waals surface area contributed by atoms with Gasteiger partial charge in [0.25, 0.3) is 0 Å². The number of carbonyl (C=O) groups is 1. The standard InChI is InChI=1S/C9H17N.CH2O/c1-7-9-5-3-2-4-8(9)6-10-7;1-2/h7-10H,2-6H2,1H3;1H2. The SMILES string of the molecule is C=O.CC1NCC2CCCCC21. The largest absolute Gasteiger partial charge is 0.314 e. The maximum absolute atomic E-state index is 8.00. The lowest BCUT2D eigenvalue weighted by Crippen LogP contribution is -2.24. The summed E-state index contributed by atoms with van der Waals surface area (Å²) in [5.41, 5.74) is 0. The minimum atomic E-state index is 0.810. The Balaban J connectivity index is 0.000000336. The van der Waals surface area contributed by atoms with Crippen LogP contribution >= 0.6 is 0 Å². The summed E-state index contributed by atoms with van der Waals surface area (Å²) in [5, 5.41) is 3.56. The molecule has 0 bridgehead atoms. The monoisotopic (exact) mass is 169 g/mol. The molecule has 1 aliphatic heterocycles. The molecule has 1 saturated heterocycles. The van der Waals surface area contributed by atoms with Crippen molar-refractivity contribution in [2.24, 2.45) is 11.8 Å². The van der Waals surface area contributed by atoms with E-state index in [1.54, 1.807) is 0 Å². The van der Waals surface area contributed by atoms with Crippen LogP contribution in [0.2, 0.25) is 0 Å². The Labute approximate surface area is 74.7 Å². The Morgan fingerprint density at radius 2 is 1.92 bits per heavy atom. The molecule has 0 amide bonds. The molecule has 1 saturated carbocycles. The summed E-state index contributed by atoms with van der Waals surface area (Å²) >= 11 is 0. The summed E-state index contributed by atoms with van der Waals surface area (Å²) in [7, 11) is 0. The number of hydrogen-bond acceptors (Lipinski definition) is 2. The van der Waals surface area contributed by atoms with Crippen LogP contribution in [-0.2, 0) is 4.79 Å². The second kappa shape index (κ2) is 4.61. The molecule has 2 rings (SSSR count). The van der Waals surface area contributed by atoms with Gasteiger partial charge in [-0.1, -0.05) is 12.8 Å². The van der Waals surface area contributed by atoms with Gasteiger partial charge in [-0.25, -0.2) is 0 Å².